The van der Waals surface area contributed by atoms with Crippen molar-refractivity contribution in [2.45, 2.75) is 44.7 Å². The van der Waals surface area contributed by atoms with Crippen LogP contribution in [0.3, 0.4) is 0 Å². The number of unbranched alkanes of at least 4 members (excludes halogenated alkanes) is 2. The van der Waals surface area contributed by atoms with Crippen LogP contribution in [0.25, 0.3) is 0 Å². The Bertz CT molecular complexity index is 322. The Balaban J connectivity index is 1.47. The minimum Gasteiger partial charge on any atom is -0.314 e. The molecule has 1 aromatic rings. The highest BCUT2D eigenvalue weighted by Crippen LogP contribution is 2.18. The number of nitrogens with zero attached hydrogens (tertiary/aromatic N) is 2. The van der Waals surface area contributed by atoms with E-state index in [0.29, 0.717) is 0 Å². The molecule has 0 unspecified atom stereocenters. The molecule has 1 aliphatic carbocycles. The summed E-state index contributed by atoms with van der Waals surface area (Å²) in [4.78, 5) is 6.71. The fourth-order valence-corrected chi connectivity index (χ4v) is 2.12. The lowest BCUT2D eigenvalue weighted by molar-refractivity contribution is 0.313. The number of hydrogen-bond donors (Lipinski definition) is 1. The number of hydrogen-bond acceptors (Lipinski definition) is 3. The van der Waals surface area contributed by atoms with E-state index in [1.807, 2.05) is 12.3 Å². The molecule has 1 N–H and O–H groups in total. The summed E-state index contributed by atoms with van der Waals surface area (Å²) in [6.45, 7) is 3.33. The van der Waals surface area contributed by atoms with Crippen LogP contribution < -0.4 is 5.32 Å². The first-order valence-corrected chi connectivity index (χ1v) is 7.16. The van der Waals surface area contributed by atoms with Crippen LogP contribution in [0, 0.1) is 0 Å². The highest BCUT2D eigenvalue weighted by Gasteiger charge is 2.19. The van der Waals surface area contributed by atoms with Gasteiger partial charge in [0.1, 0.15) is 0 Å². The Morgan fingerprint density at radius 1 is 1.28 bits per heavy atom. The van der Waals surface area contributed by atoms with Gasteiger partial charge < -0.3 is 10.2 Å². The van der Waals surface area contributed by atoms with Gasteiger partial charge in [0, 0.05) is 18.8 Å². The average Bonchev–Trinajstić information content (AvgIpc) is 3.19. The van der Waals surface area contributed by atoms with Gasteiger partial charge in [-0.1, -0.05) is 12.5 Å². The molecule has 1 heterocycles. The highest BCUT2D eigenvalue weighted by atomic mass is 15.1. The van der Waals surface area contributed by atoms with E-state index in [4.69, 9.17) is 0 Å². The number of aromatic nitrogens is 1. The van der Waals surface area contributed by atoms with Crippen LogP contribution in [-0.2, 0) is 6.54 Å². The summed E-state index contributed by atoms with van der Waals surface area (Å²) >= 11 is 0. The Morgan fingerprint density at radius 3 is 2.89 bits per heavy atom. The van der Waals surface area contributed by atoms with Crippen molar-refractivity contribution >= 4 is 0 Å². The van der Waals surface area contributed by atoms with Gasteiger partial charge in [0.15, 0.2) is 0 Å². The molecule has 1 aromatic heterocycles. The van der Waals surface area contributed by atoms with E-state index in [2.05, 4.69) is 34.4 Å². The Labute approximate surface area is 111 Å². The van der Waals surface area contributed by atoms with Crippen LogP contribution in [0.5, 0.6) is 0 Å². The van der Waals surface area contributed by atoms with Crippen molar-refractivity contribution in [2.24, 2.45) is 0 Å². The second-order valence-corrected chi connectivity index (χ2v) is 5.35. The molecular formula is C15H25N3. The third-order valence-corrected chi connectivity index (χ3v) is 3.39. The summed E-state index contributed by atoms with van der Waals surface area (Å²) in [5, 5.41) is 3.56. The SMILES string of the molecule is CN(CCCCCNC1CC1)Cc1ccccn1. The van der Waals surface area contributed by atoms with Gasteiger partial charge in [0.25, 0.3) is 0 Å². The molecule has 2 rings (SSSR count). The molecule has 3 nitrogen and oxygen atoms in total. The first-order valence-electron chi connectivity index (χ1n) is 7.16. The van der Waals surface area contributed by atoms with Crippen molar-refractivity contribution in [3.8, 4) is 0 Å². The number of nitrogens with one attached hydrogen (secondary N) is 1. The third-order valence-electron chi connectivity index (χ3n) is 3.39. The second-order valence-electron chi connectivity index (χ2n) is 5.35. The molecule has 0 aliphatic heterocycles. The summed E-state index contributed by atoms with van der Waals surface area (Å²) in [5.41, 5.74) is 1.16. The molecule has 0 spiro atoms. The molecule has 18 heavy (non-hydrogen) atoms. The minimum absolute atomic E-state index is 0.858. The van der Waals surface area contributed by atoms with Crippen LogP contribution >= 0.6 is 0 Å². The average molecular weight is 247 g/mol. The maximum atomic E-state index is 4.35. The molecule has 1 aliphatic rings. The molecular weight excluding hydrogens is 222 g/mol. The third kappa shape index (κ3) is 5.61. The maximum absolute atomic E-state index is 4.35. The van der Waals surface area contributed by atoms with E-state index in [1.54, 1.807) is 0 Å². The monoisotopic (exact) mass is 247 g/mol. The normalized spacial score (nSPS) is 15.2. The van der Waals surface area contributed by atoms with E-state index in [0.717, 1.165) is 18.3 Å². The maximum Gasteiger partial charge on any atom is 0.0543 e. The molecule has 0 amide bonds. The fourth-order valence-electron chi connectivity index (χ4n) is 2.12. The minimum atomic E-state index is 0.858. The molecule has 1 fully saturated rings. The number of pyridine rings is 1. The lowest BCUT2D eigenvalue weighted by atomic mass is 10.2. The fraction of sp³-hybridized carbons (Fsp3) is 0.667. The van der Waals surface area contributed by atoms with Gasteiger partial charge in [-0.25, -0.2) is 0 Å². The van der Waals surface area contributed by atoms with Gasteiger partial charge >= 0.3 is 0 Å². The smallest absolute Gasteiger partial charge is 0.0543 e. The Kier molecular flexibility index (Phi) is 5.62. The van der Waals surface area contributed by atoms with E-state index in [-0.39, 0.29) is 0 Å². The van der Waals surface area contributed by atoms with Crippen molar-refractivity contribution < 1.29 is 0 Å². The zero-order valence-electron chi connectivity index (χ0n) is 11.4. The van der Waals surface area contributed by atoms with Crippen molar-refractivity contribution in [1.29, 1.82) is 0 Å². The molecule has 3 heteroatoms. The predicted molar refractivity (Wildman–Crippen MR) is 75.4 cm³/mol. The standard InChI is InChI=1S/C15H25N3/c1-18(13-15-7-3-5-11-17-15)12-6-2-4-10-16-14-8-9-14/h3,5,7,11,14,16H,2,4,6,8-10,12-13H2,1H3. The summed E-state index contributed by atoms with van der Waals surface area (Å²) in [5.74, 6) is 0. The molecule has 0 saturated heterocycles. The molecule has 1 saturated carbocycles. The molecule has 0 aromatic carbocycles. The van der Waals surface area contributed by atoms with Crippen molar-refractivity contribution in [2.75, 3.05) is 20.1 Å². The van der Waals surface area contributed by atoms with Crippen LogP contribution in [0.4, 0.5) is 0 Å². The van der Waals surface area contributed by atoms with E-state index < -0.39 is 0 Å². The lowest BCUT2D eigenvalue weighted by Crippen LogP contribution is -2.20. The Morgan fingerprint density at radius 2 is 2.17 bits per heavy atom. The lowest BCUT2D eigenvalue weighted by Gasteiger charge is -2.15. The van der Waals surface area contributed by atoms with Crippen LogP contribution in [0.2, 0.25) is 0 Å². The van der Waals surface area contributed by atoms with Crippen LogP contribution in [0.1, 0.15) is 37.8 Å². The number of rotatable bonds is 9. The van der Waals surface area contributed by atoms with Crippen molar-refractivity contribution in [3.63, 3.8) is 0 Å². The van der Waals surface area contributed by atoms with E-state index in [9.17, 15) is 0 Å². The molecule has 100 valence electrons. The van der Waals surface area contributed by atoms with Crippen LogP contribution in [0.15, 0.2) is 24.4 Å². The Hall–Kier alpha value is -0.930. The predicted octanol–water partition coefficient (Wildman–Crippen LogP) is 2.44. The summed E-state index contributed by atoms with van der Waals surface area (Å²) in [6.07, 6.45) is 8.59. The van der Waals surface area contributed by atoms with Crippen molar-refractivity contribution in [3.05, 3.63) is 30.1 Å². The van der Waals surface area contributed by atoms with Crippen LogP contribution in [-0.4, -0.2) is 36.1 Å². The van der Waals surface area contributed by atoms with Gasteiger partial charge in [-0.05, 0) is 58.0 Å². The zero-order valence-corrected chi connectivity index (χ0v) is 11.4. The van der Waals surface area contributed by atoms with Gasteiger partial charge in [-0.15, -0.1) is 0 Å². The first-order chi connectivity index (χ1) is 8.84. The van der Waals surface area contributed by atoms with Gasteiger partial charge in [0.2, 0.25) is 0 Å². The highest BCUT2D eigenvalue weighted by molar-refractivity contribution is 5.02. The molecule has 0 atom stereocenters. The zero-order chi connectivity index (χ0) is 12.6. The molecule has 0 bridgehead atoms. The van der Waals surface area contributed by atoms with Gasteiger partial charge in [-0.3, -0.25) is 4.98 Å². The van der Waals surface area contributed by atoms with Gasteiger partial charge in [-0.2, -0.15) is 0 Å². The summed E-state index contributed by atoms with van der Waals surface area (Å²) in [7, 11) is 2.18. The van der Waals surface area contributed by atoms with Gasteiger partial charge in [0.05, 0.1) is 5.69 Å². The largest absolute Gasteiger partial charge is 0.314 e. The quantitative estimate of drug-likeness (QED) is 0.679. The second kappa shape index (κ2) is 7.49. The summed E-state index contributed by atoms with van der Waals surface area (Å²) < 4.78 is 0. The van der Waals surface area contributed by atoms with E-state index >= 15 is 0 Å². The van der Waals surface area contributed by atoms with Crippen molar-refractivity contribution in [1.82, 2.24) is 15.2 Å². The van der Waals surface area contributed by atoms with E-state index in [1.165, 1.54) is 45.2 Å². The topological polar surface area (TPSA) is 28.2 Å². The summed E-state index contributed by atoms with van der Waals surface area (Å²) in [6, 6.07) is 6.98. The molecule has 0 radical (unpaired) electrons. The first kappa shape index (κ1) is 13.5.